The van der Waals surface area contributed by atoms with Crippen LogP contribution in [-0.2, 0) is 13.0 Å². The van der Waals surface area contributed by atoms with Gasteiger partial charge in [0.2, 0.25) is 0 Å². The first-order valence-corrected chi connectivity index (χ1v) is 7.52. The maximum Gasteiger partial charge on any atom is 0.191 e. The zero-order valence-corrected chi connectivity index (χ0v) is 13.4. The molecule has 0 aromatic heterocycles. The number of aliphatic imine (C=N–C) groups is 1. The number of halogens is 2. The molecule has 0 aliphatic carbocycles. The minimum absolute atomic E-state index is 0.514. The topological polar surface area (TPSA) is 36.4 Å². The van der Waals surface area contributed by atoms with Crippen molar-refractivity contribution in [2.24, 2.45) is 4.99 Å². The fourth-order valence-electron chi connectivity index (χ4n) is 2.19. The van der Waals surface area contributed by atoms with E-state index in [2.05, 4.69) is 39.9 Å². The Morgan fingerprint density at radius 3 is 2.22 bits per heavy atom. The Morgan fingerprint density at radius 2 is 1.61 bits per heavy atom. The predicted molar refractivity (Wildman–Crippen MR) is 89.4 cm³/mol. The highest BCUT2D eigenvalue weighted by molar-refractivity contribution is 5.79. The Hall–Kier alpha value is -2.43. The molecule has 2 rings (SSSR count). The smallest absolute Gasteiger partial charge is 0.191 e. The number of hydrogen-bond donors (Lipinski definition) is 2. The van der Waals surface area contributed by atoms with Crippen LogP contribution in [0.1, 0.15) is 16.7 Å². The van der Waals surface area contributed by atoms with Gasteiger partial charge in [0.05, 0.1) is 0 Å². The molecule has 0 saturated carbocycles. The van der Waals surface area contributed by atoms with Crippen molar-refractivity contribution in [3.8, 4) is 0 Å². The van der Waals surface area contributed by atoms with Crippen molar-refractivity contribution in [3.63, 3.8) is 0 Å². The molecular weight excluding hydrogens is 296 g/mol. The Bertz CT molecular complexity index is 646. The van der Waals surface area contributed by atoms with Gasteiger partial charge in [0, 0.05) is 26.2 Å². The maximum absolute atomic E-state index is 13.1. The molecule has 0 heterocycles. The lowest BCUT2D eigenvalue weighted by Crippen LogP contribution is -2.37. The number of rotatable bonds is 5. The van der Waals surface area contributed by atoms with Gasteiger partial charge < -0.3 is 10.6 Å². The average Bonchev–Trinajstić information content (AvgIpc) is 2.51. The second-order valence-corrected chi connectivity index (χ2v) is 5.37. The second kappa shape index (κ2) is 8.27. The Labute approximate surface area is 135 Å². The van der Waals surface area contributed by atoms with E-state index in [9.17, 15) is 8.78 Å². The Morgan fingerprint density at radius 1 is 0.957 bits per heavy atom. The molecule has 0 bridgehead atoms. The molecule has 0 saturated heterocycles. The van der Waals surface area contributed by atoms with E-state index in [1.54, 1.807) is 7.05 Å². The first-order chi connectivity index (χ1) is 11.1. The first kappa shape index (κ1) is 16.9. The maximum atomic E-state index is 13.1. The molecular formula is C18H21F2N3. The van der Waals surface area contributed by atoms with E-state index in [-0.39, 0.29) is 0 Å². The summed E-state index contributed by atoms with van der Waals surface area (Å²) in [5.41, 5.74) is 2.99. The molecule has 0 spiro atoms. The summed E-state index contributed by atoms with van der Waals surface area (Å²) < 4.78 is 26.2. The lowest BCUT2D eigenvalue weighted by molar-refractivity contribution is 0.579. The number of benzene rings is 2. The number of hydrogen-bond acceptors (Lipinski definition) is 1. The van der Waals surface area contributed by atoms with E-state index in [0.717, 1.165) is 11.6 Å². The van der Waals surface area contributed by atoms with Crippen molar-refractivity contribution in [2.75, 3.05) is 13.6 Å². The van der Waals surface area contributed by atoms with Gasteiger partial charge in [-0.2, -0.15) is 0 Å². The van der Waals surface area contributed by atoms with Crippen LogP contribution < -0.4 is 10.6 Å². The van der Waals surface area contributed by atoms with Gasteiger partial charge in [-0.3, -0.25) is 4.99 Å². The third-order valence-corrected chi connectivity index (χ3v) is 3.43. The summed E-state index contributed by atoms with van der Waals surface area (Å²) in [5, 5.41) is 6.34. The summed E-state index contributed by atoms with van der Waals surface area (Å²) in [6.07, 6.45) is 0.514. The van der Waals surface area contributed by atoms with Crippen molar-refractivity contribution in [3.05, 3.63) is 70.8 Å². The van der Waals surface area contributed by atoms with E-state index in [4.69, 9.17) is 0 Å². The van der Waals surface area contributed by atoms with Gasteiger partial charge in [-0.05, 0) is 36.6 Å². The van der Waals surface area contributed by atoms with Gasteiger partial charge in [-0.15, -0.1) is 0 Å². The van der Waals surface area contributed by atoms with E-state index in [1.165, 1.54) is 17.7 Å². The summed E-state index contributed by atoms with van der Waals surface area (Å²) >= 11 is 0. The van der Waals surface area contributed by atoms with E-state index < -0.39 is 11.6 Å². The van der Waals surface area contributed by atoms with Gasteiger partial charge in [0.25, 0.3) is 0 Å². The molecule has 23 heavy (non-hydrogen) atoms. The van der Waals surface area contributed by atoms with Crippen molar-refractivity contribution < 1.29 is 8.78 Å². The van der Waals surface area contributed by atoms with Crippen LogP contribution in [-0.4, -0.2) is 19.6 Å². The highest BCUT2D eigenvalue weighted by Crippen LogP contribution is 2.08. The minimum Gasteiger partial charge on any atom is -0.356 e. The van der Waals surface area contributed by atoms with E-state index in [1.807, 2.05) is 6.92 Å². The SMILES string of the molecule is CN=C(NCCc1cc(F)cc(F)c1)NCc1ccc(C)cc1. The third kappa shape index (κ3) is 5.70. The quantitative estimate of drug-likeness (QED) is 0.656. The summed E-state index contributed by atoms with van der Waals surface area (Å²) in [6.45, 7) is 3.25. The molecule has 3 nitrogen and oxygen atoms in total. The van der Waals surface area contributed by atoms with E-state index in [0.29, 0.717) is 31.0 Å². The van der Waals surface area contributed by atoms with Gasteiger partial charge in [-0.1, -0.05) is 29.8 Å². The lowest BCUT2D eigenvalue weighted by atomic mass is 10.1. The molecule has 0 amide bonds. The third-order valence-electron chi connectivity index (χ3n) is 3.43. The number of nitrogens with one attached hydrogen (secondary N) is 2. The van der Waals surface area contributed by atoms with Crippen molar-refractivity contribution in [2.45, 2.75) is 19.9 Å². The zero-order valence-electron chi connectivity index (χ0n) is 13.4. The van der Waals surface area contributed by atoms with Crippen molar-refractivity contribution in [1.82, 2.24) is 10.6 Å². The molecule has 5 heteroatoms. The molecule has 0 aliphatic rings. The summed E-state index contributed by atoms with van der Waals surface area (Å²) in [5.74, 6) is -0.453. The van der Waals surface area contributed by atoms with E-state index >= 15 is 0 Å². The number of nitrogens with zero attached hydrogens (tertiary/aromatic N) is 1. The largest absolute Gasteiger partial charge is 0.356 e. The minimum atomic E-state index is -0.554. The van der Waals surface area contributed by atoms with Gasteiger partial charge in [0.1, 0.15) is 11.6 Å². The Balaban J connectivity index is 1.79. The molecule has 2 aromatic carbocycles. The second-order valence-electron chi connectivity index (χ2n) is 5.37. The van der Waals surface area contributed by atoms with Crippen LogP contribution in [0.5, 0.6) is 0 Å². The van der Waals surface area contributed by atoms with Crippen LogP contribution in [0, 0.1) is 18.6 Å². The zero-order chi connectivity index (χ0) is 16.7. The molecule has 0 aliphatic heterocycles. The molecule has 122 valence electrons. The van der Waals surface area contributed by atoms with Crippen molar-refractivity contribution in [1.29, 1.82) is 0 Å². The van der Waals surface area contributed by atoms with Crippen LogP contribution in [0.4, 0.5) is 8.78 Å². The fraction of sp³-hybridized carbons (Fsp3) is 0.278. The highest BCUT2D eigenvalue weighted by Gasteiger charge is 2.02. The van der Waals surface area contributed by atoms with Crippen LogP contribution in [0.3, 0.4) is 0 Å². The first-order valence-electron chi connectivity index (χ1n) is 7.52. The average molecular weight is 317 g/mol. The van der Waals surface area contributed by atoms with Crippen LogP contribution in [0.25, 0.3) is 0 Å². The predicted octanol–water partition coefficient (Wildman–Crippen LogP) is 3.18. The summed E-state index contributed by atoms with van der Waals surface area (Å²) in [7, 11) is 1.69. The number of guanidine groups is 1. The molecule has 2 N–H and O–H groups in total. The molecule has 0 unspecified atom stereocenters. The monoisotopic (exact) mass is 317 g/mol. The van der Waals surface area contributed by atoms with Crippen LogP contribution in [0.2, 0.25) is 0 Å². The summed E-state index contributed by atoms with van der Waals surface area (Å²) in [4.78, 5) is 4.13. The molecule has 0 atom stereocenters. The lowest BCUT2D eigenvalue weighted by Gasteiger charge is -2.12. The normalized spacial score (nSPS) is 11.4. The Kier molecular flexibility index (Phi) is 6.09. The number of aryl methyl sites for hydroxylation is 1. The van der Waals surface area contributed by atoms with Crippen LogP contribution >= 0.6 is 0 Å². The molecule has 0 fully saturated rings. The summed E-state index contributed by atoms with van der Waals surface area (Å²) in [6, 6.07) is 11.8. The van der Waals surface area contributed by atoms with Gasteiger partial charge in [0.15, 0.2) is 5.96 Å². The molecule has 2 aromatic rings. The van der Waals surface area contributed by atoms with Crippen LogP contribution in [0.15, 0.2) is 47.5 Å². The van der Waals surface area contributed by atoms with Crippen molar-refractivity contribution >= 4 is 5.96 Å². The standard InChI is InChI=1S/C18H21F2N3/c1-13-3-5-14(6-4-13)12-23-18(21-2)22-8-7-15-9-16(19)11-17(20)10-15/h3-6,9-11H,7-8,12H2,1-2H3,(H2,21,22,23). The fourth-order valence-corrected chi connectivity index (χ4v) is 2.19. The highest BCUT2D eigenvalue weighted by atomic mass is 19.1. The van der Waals surface area contributed by atoms with Gasteiger partial charge >= 0.3 is 0 Å². The van der Waals surface area contributed by atoms with Gasteiger partial charge in [-0.25, -0.2) is 8.78 Å². The molecule has 0 radical (unpaired) electrons.